The van der Waals surface area contributed by atoms with E-state index < -0.39 is 23.6 Å². The van der Waals surface area contributed by atoms with Gasteiger partial charge in [0.1, 0.15) is 34.9 Å². The van der Waals surface area contributed by atoms with Crippen molar-refractivity contribution < 1.29 is 23.0 Å². The quantitative estimate of drug-likeness (QED) is 0.606. The molecule has 0 saturated heterocycles. The summed E-state index contributed by atoms with van der Waals surface area (Å²) in [7, 11) is 0. The molecule has 0 spiro atoms. The SMILES string of the molecule is C[C@H]1C=C2NC(Nc3nc4ccccc4o3)=[NH+][C@H](c3cc(F)cc(F)c3)[C@H]2C(=O)C1. The van der Waals surface area contributed by atoms with E-state index in [2.05, 4.69) is 20.6 Å². The Labute approximate surface area is 170 Å². The van der Waals surface area contributed by atoms with Crippen molar-refractivity contribution in [3.05, 3.63) is 71.4 Å². The van der Waals surface area contributed by atoms with Crippen LogP contribution < -0.4 is 15.6 Å². The second-order valence-corrected chi connectivity index (χ2v) is 7.68. The van der Waals surface area contributed by atoms with Crippen LogP contribution in [0.25, 0.3) is 11.1 Å². The molecule has 3 atom stereocenters. The zero-order chi connectivity index (χ0) is 20.8. The molecule has 2 heterocycles. The van der Waals surface area contributed by atoms with E-state index in [1.54, 1.807) is 6.07 Å². The molecule has 0 saturated carbocycles. The zero-order valence-electron chi connectivity index (χ0n) is 16.1. The lowest BCUT2D eigenvalue weighted by molar-refractivity contribution is -0.522. The number of hydrogen-bond acceptors (Lipinski definition) is 5. The Balaban J connectivity index is 1.56. The van der Waals surface area contributed by atoms with Gasteiger partial charge in [0.15, 0.2) is 5.58 Å². The Hall–Kier alpha value is -3.55. The summed E-state index contributed by atoms with van der Waals surface area (Å²) in [6.07, 6.45) is 2.35. The number of guanidine groups is 1. The van der Waals surface area contributed by atoms with Gasteiger partial charge in [0.25, 0.3) is 0 Å². The number of nitrogens with zero attached hydrogens (tertiary/aromatic N) is 1. The summed E-state index contributed by atoms with van der Waals surface area (Å²) in [6.45, 7) is 1.95. The fourth-order valence-corrected chi connectivity index (χ4v) is 4.12. The molecule has 8 heteroatoms. The van der Waals surface area contributed by atoms with Gasteiger partial charge in [-0.2, -0.15) is 10.3 Å². The number of ketones is 1. The number of anilines is 1. The number of carbonyl (C=O) groups is 1. The first-order valence-corrected chi connectivity index (χ1v) is 9.70. The van der Waals surface area contributed by atoms with Crippen LogP contribution in [0.1, 0.15) is 24.9 Å². The first kappa shape index (κ1) is 18.5. The minimum Gasteiger partial charge on any atom is -0.412 e. The van der Waals surface area contributed by atoms with Crippen LogP contribution in [0, 0.1) is 23.5 Å². The number of halogens is 2. The Bertz CT molecular complexity index is 1160. The van der Waals surface area contributed by atoms with E-state index in [4.69, 9.17) is 4.42 Å². The minimum absolute atomic E-state index is 0.00980. The third-order valence-corrected chi connectivity index (χ3v) is 5.34. The molecule has 30 heavy (non-hydrogen) atoms. The summed E-state index contributed by atoms with van der Waals surface area (Å²) < 4.78 is 33.5. The lowest BCUT2D eigenvalue weighted by atomic mass is 9.78. The van der Waals surface area contributed by atoms with Gasteiger partial charge in [-0.3, -0.25) is 9.79 Å². The summed E-state index contributed by atoms with van der Waals surface area (Å²) >= 11 is 0. The van der Waals surface area contributed by atoms with Crippen LogP contribution in [-0.2, 0) is 4.79 Å². The molecule has 0 amide bonds. The molecule has 1 aromatic heterocycles. The molecule has 0 fully saturated rings. The number of nitrogens with one attached hydrogen (secondary N) is 3. The molecule has 0 bridgehead atoms. The van der Waals surface area contributed by atoms with E-state index in [1.165, 1.54) is 12.1 Å². The van der Waals surface area contributed by atoms with Crippen LogP contribution in [0.15, 0.2) is 58.7 Å². The number of hydrogen-bond donors (Lipinski definition) is 3. The van der Waals surface area contributed by atoms with E-state index >= 15 is 0 Å². The second-order valence-electron chi connectivity index (χ2n) is 7.68. The van der Waals surface area contributed by atoms with E-state index in [9.17, 15) is 13.6 Å². The number of fused-ring (bicyclic) bond motifs is 2. The van der Waals surface area contributed by atoms with E-state index in [0.717, 1.165) is 6.07 Å². The topological polar surface area (TPSA) is 81.1 Å². The fraction of sp³-hybridized carbons (Fsp3) is 0.227. The Morgan fingerprint density at radius 2 is 1.97 bits per heavy atom. The smallest absolute Gasteiger partial charge is 0.365 e. The van der Waals surface area contributed by atoms with Gasteiger partial charge >= 0.3 is 12.0 Å². The molecule has 0 radical (unpaired) electrons. The van der Waals surface area contributed by atoms with Crippen molar-refractivity contribution in [3.63, 3.8) is 0 Å². The predicted octanol–water partition coefficient (Wildman–Crippen LogP) is 2.41. The Kier molecular flexibility index (Phi) is 4.34. The van der Waals surface area contributed by atoms with E-state index in [-0.39, 0.29) is 17.7 Å². The highest BCUT2D eigenvalue weighted by Crippen LogP contribution is 2.33. The third kappa shape index (κ3) is 3.34. The molecule has 3 N–H and O–H groups in total. The normalized spacial score (nSPS) is 23.4. The standard InChI is InChI=1S/C22H18F2N4O2/c1-11-6-16-19(17(29)7-11)20(12-8-13(23)10-14(24)9-12)27-21(25-16)28-22-26-15-4-2-3-5-18(15)30-22/h2-6,8-11,19-20H,7H2,1H3,(H2,25,26,27,28)/p+1/t11-,19+,20+/m0/s1. The molecule has 5 rings (SSSR count). The first-order valence-electron chi connectivity index (χ1n) is 9.70. The van der Waals surface area contributed by atoms with Crippen LogP contribution in [0.3, 0.4) is 0 Å². The highest BCUT2D eigenvalue weighted by atomic mass is 19.1. The van der Waals surface area contributed by atoms with Gasteiger partial charge in [-0.1, -0.05) is 19.1 Å². The first-order chi connectivity index (χ1) is 14.5. The maximum Gasteiger partial charge on any atom is 0.365 e. The summed E-state index contributed by atoms with van der Waals surface area (Å²) in [5.74, 6) is -1.47. The van der Waals surface area contributed by atoms with Crippen LogP contribution >= 0.6 is 0 Å². The monoisotopic (exact) mass is 409 g/mol. The third-order valence-electron chi connectivity index (χ3n) is 5.34. The van der Waals surface area contributed by atoms with Gasteiger partial charge < -0.3 is 4.42 Å². The second kappa shape index (κ2) is 7.05. The number of oxazole rings is 1. The maximum absolute atomic E-state index is 13.9. The highest BCUT2D eigenvalue weighted by Gasteiger charge is 2.43. The summed E-state index contributed by atoms with van der Waals surface area (Å²) in [5, 5.41) is 6.22. The maximum atomic E-state index is 13.9. The average molecular weight is 409 g/mol. The van der Waals surface area contributed by atoms with Crippen molar-refractivity contribution in [2.24, 2.45) is 11.8 Å². The van der Waals surface area contributed by atoms with Crippen LogP contribution in [0.4, 0.5) is 14.8 Å². The molecule has 3 aromatic rings. The largest absolute Gasteiger partial charge is 0.412 e. The molecular weight excluding hydrogens is 390 g/mol. The summed E-state index contributed by atoms with van der Waals surface area (Å²) in [6, 6.07) is 10.2. The van der Waals surface area contributed by atoms with Gasteiger partial charge in [0.05, 0.1) is 5.70 Å². The van der Waals surface area contributed by atoms with E-state index in [1.807, 2.05) is 31.2 Å². The average Bonchev–Trinajstić information content (AvgIpc) is 3.08. The van der Waals surface area contributed by atoms with Crippen LogP contribution in [-0.4, -0.2) is 16.7 Å². The Morgan fingerprint density at radius 1 is 1.20 bits per heavy atom. The number of allylic oxidation sites excluding steroid dienone is 1. The number of benzene rings is 2. The molecule has 6 nitrogen and oxygen atoms in total. The minimum atomic E-state index is -0.694. The Morgan fingerprint density at radius 3 is 2.73 bits per heavy atom. The van der Waals surface area contributed by atoms with Crippen molar-refractivity contribution in [1.29, 1.82) is 0 Å². The van der Waals surface area contributed by atoms with Crippen molar-refractivity contribution in [3.8, 4) is 0 Å². The summed E-state index contributed by atoms with van der Waals surface area (Å²) in [5.41, 5.74) is 2.35. The molecule has 2 aromatic carbocycles. The summed E-state index contributed by atoms with van der Waals surface area (Å²) in [4.78, 5) is 20.3. The zero-order valence-corrected chi connectivity index (χ0v) is 16.1. The number of para-hydroxylation sites is 2. The number of rotatable bonds is 2. The van der Waals surface area contributed by atoms with Crippen molar-refractivity contribution in [2.45, 2.75) is 19.4 Å². The lowest BCUT2D eigenvalue weighted by Gasteiger charge is -2.32. The molecular formula is C22H19F2N4O2+. The van der Waals surface area contributed by atoms with Crippen LogP contribution in [0.2, 0.25) is 0 Å². The van der Waals surface area contributed by atoms with Gasteiger partial charge in [-0.15, -0.1) is 0 Å². The number of carbonyl (C=O) groups excluding carboxylic acids is 1. The highest BCUT2D eigenvalue weighted by molar-refractivity contribution is 5.94. The fourth-order valence-electron chi connectivity index (χ4n) is 4.12. The van der Waals surface area contributed by atoms with Crippen molar-refractivity contribution in [1.82, 2.24) is 10.3 Å². The number of Topliss-reactive ketones (excluding diaryl/α,β-unsaturated/α-hetero) is 1. The number of aromatic nitrogens is 1. The van der Waals surface area contributed by atoms with Crippen molar-refractivity contribution in [2.75, 3.05) is 5.32 Å². The van der Waals surface area contributed by atoms with Gasteiger partial charge in [0, 0.05) is 12.5 Å². The van der Waals surface area contributed by atoms with Crippen molar-refractivity contribution >= 4 is 28.9 Å². The van der Waals surface area contributed by atoms with E-state index in [0.29, 0.717) is 34.7 Å². The lowest BCUT2D eigenvalue weighted by Crippen LogP contribution is -2.84. The molecule has 0 unspecified atom stereocenters. The molecule has 2 aliphatic rings. The molecule has 1 aliphatic heterocycles. The van der Waals surface area contributed by atoms with Crippen LogP contribution in [0.5, 0.6) is 0 Å². The predicted molar refractivity (Wildman–Crippen MR) is 106 cm³/mol. The molecule has 1 aliphatic carbocycles. The van der Waals surface area contributed by atoms with Gasteiger partial charge in [-0.05, 0) is 41.8 Å². The van der Waals surface area contributed by atoms with Gasteiger partial charge in [0.2, 0.25) is 0 Å². The molecule has 152 valence electrons. The van der Waals surface area contributed by atoms with Gasteiger partial charge in [-0.25, -0.2) is 14.1 Å².